The second-order valence-corrected chi connectivity index (χ2v) is 5.73. The number of nitrogen functional groups attached to an aromatic ring is 1. The monoisotopic (exact) mass is 356 g/mol. The summed E-state index contributed by atoms with van der Waals surface area (Å²) in [5.41, 5.74) is 6.43. The van der Waals surface area contributed by atoms with Crippen LogP contribution < -0.4 is 11.1 Å². The molecule has 3 N–H and O–H groups in total. The summed E-state index contributed by atoms with van der Waals surface area (Å²) in [6, 6.07) is 4.80. The largest absolute Gasteiger partial charge is 0.449 e. The van der Waals surface area contributed by atoms with Crippen LogP contribution in [-0.2, 0) is 9.53 Å². The van der Waals surface area contributed by atoms with Gasteiger partial charge in [-0.15, -0.1) is 0 Å². The fourth-order valence-electron chi connectivity index (χ4n) is 1.74. The van der Waals surface area contributed by atoms with Gasteiger partial charge < -0.3 is 15.8 Å². The maximum Gasteiger partial charge on any atom is 0.339 e. The lowest BCUT2D eigenvalue weighted by Gasteiger charge is -2.13. The molecule has 0 radical (unpaired) electrons. The van der Waals surface area contributed by atoms with Gasteiger partial charge in [0.1, 0.15) is 0 Å². The molecule has 6 heteroatoms. The van der Waals surface area contributed by atoms with E-state index < -0.39 is 12.1 Å². The SMILES string of the molecule is CCCCCNC(=O)C(C)OC(=O)c1cc(N)cc(Br)c1. The van der Waals surface area contributed by atoms with Crippen LogP contribution in [0.15, 0.2) is 22.7 Å². The van der Waals surface area contributed by atoms with Gasteiger partial charge in [-0.3, -0.25) is 4.79 Å². The number of nitrogens with one attached hydrogen (secondary N) is 1. The van der Waals surface area contributed by atoms with Crippen LogP contribution in [0.1, 0.15) is 43.5 Å². The van der Waals surface area contributed by atoms with Crippen molar-refractivity contribution in [1.82, 2.24) is 5.32 Å². The fraction of sp³-hybridized carbons (Fsp3) is 0.467. The molecular formula is C15H21BrN2O3. The van der Waals surface area contributed by atoms with Crippen LogP contribution in [0, 0.1) is 0 Å². The van der Waals surface area contributed by atoms with Gasteiger partial charge in [0.15, 0.2) is 6.10 Å². The number of esters is 1. The van der Waals surface area contributed by atoms with Crippen LogP contribution in [0.3, 0.4) is 0 Å². The standard InChI is InChI=1S/C15H21BrN2O3/c1-3-4-5-6-18-14(19)10(2)21-15(20)11-7-12(16)9-13(17)8-11/h7-10H,3-6,17H2,1-2H3,(H,18,19). The highest BCUT2D eigenvalue weighted by Gasteiger charge is 2.18. The average Bonchev–Trinajstić information content (AvgIpc) is 2.42. The number of nitrogens with two attached hydrogens (primary N) is 1. The first-order chi connectivity index (χ1) is 9.93. The summed E-state index contributed by atoms with van der Waals surface area (Å²) in [4.78, 5) is 23.7. The fourth-order valence-corrected chi connectivity index (χ4v) is 2.25. The van der Waals surface area contributed by atoms with Gasteiger partial charge in [-0.2, -0.15) is 0 Å². The predicted molar refractivity (Wildman–Crippen MR) is 86.0 cm³/mol. The molecule has 0 bridgehead atoms. The van der Waals surface area contributed by atoms with Crippen molar-refractivity contribution in [3.05, 3.63) is 28.2 Å². The van der Waals surface area contributed by atoms with Crippen molar-refractivity contribution in [3.8, 4) is 0 Å². The van der Waals surface area contributed by atoms with E-state index in [2.05, 4.69) is 28.2 Å². The van der Waals surface area contributed by atoms with Gasteiger partial charge in [0, 0.05) is 16.7 Å². The van der Waals surface area contributed by atoms with E-state index in [1.54, 1.807) is 19.1 Å². The smallest absolute Gasteiger partial charge is 0.339 e. The molecule has 0 spiro atoms. The first-order valence-electron chi connectivity index (χ1n) is 6.98. The summed E-state index contributed by atoms with van der Waals surface area (Å²) in [7, 11) is 0. The van der Waals surface area contributed by atoms with Gasteiger partial charge in [-0.05, 0) is 31.5 Å². The Morgan fingerprint density at radius 2 is 2.05 bits per heavy atom. The van der Waals surface area contributed by atoms with Gasteiger partial charge in [0.25, 0.3) is 5.91 Å². The highest BCUT2D eigenvalue weighted by atomic mass is 79.9. The van der Waals surface area contributed by atoms with Crippen molar-refractivity contribution in [2.75, 3.05) is 12.3 Å². The Morgan fingerprint density at radius 3 is 2.67 bits per heavy atom. The third kappa shape index (κ3) is 6.16. The second kappa shape index (κ2) is 8.67. The Morgan fingerprint density at radius 1 is 1.33 bits per heavy atom. The van der Waals surface area contributed by atoms with Crippen molar-refractivity contribution in [2.45, 2.75) is 39.2 Å². The molecule has 0 aliphatic rings. The Labute approximate surface area is 133 Å². The number of benzene rings is 1. The minimum absolute atomic E-state index is 0.289. The molecule has 1 unspecified atom stereocenters. The number of unbranched alkanes of at least 4 members (excludes halogenated alkanes) is 2. The zero-order chi connectivity index (χ0) is 15.8. The molecule has 1 amide bonds. The molecule has 0 aromatic heterocycles. The summed E-state index contributed by atoms with van der Waals surface area (Å²) in [6.07, 6.45) is 2.24. The molecule has 0 saturated heterocycles. The maximum absolute atomic E-state index is 12.0. The summed E-state index contributed by atoms with van der Waals surface area (Å²) in [5.74, 6) is -0.860. The number of ether oxygens (including phenoxy) is 1. The highest BCUT2D eigenvalue weighted by molar-refractivity contribution is 9.10. The molecule has 1 atom stereocenters. The lowest BCUT2D eigenvalue weighted by atomic mass is 10.2. The summed E-state index contributed by atoms with van der Waals surface area (Å²) >= 11 is 3.26. The summed E-state index contributed by atoms with van der Waals surface area (Å²) in [6.45, 7) is 4.24. The van der Waals surface area contributed by atoms with E-state index in [9.17, 15) is 9.59 Å². The van der Waals surface area contributed by atoms with E-state index >= 15 is 0 Å². The van der Waals surface area contributed by atoms with Crippen molar-refractivity contribution in [1.29, 1.82) is 0 Å². The van der Waals surface area contributed by atoms with E-state index in [4.69, 9.17) is 10.5 Å². The van der Waals surface area contributed by atoms with E-state index in [1.165, 1.54) is 6.07 Å². The quantitative estimate of drug-likeness (QED) is 0.447. The van der Waals surface area contributed by atoms with Crippen molar-refractivity contribution < 1.29 is 14.3 Å². The minimum Gasteiger partial charge on any atom is -0.449 e. The Kier molecular flexibility index (Phi) is 7.22. The lowest BCUT2D eigenvalue weighted by molar-refractivity contribution is -0.129. The summed E-state index contributed by atoms with van der Waals surface area (Å²) < 4.78 is 5.82. The van der Waals surface area contributed by atoms with E-state index in [1.807, 2.05) is 0 Å². The normalized spacial score (nSPS) is 11.8. The number of anilines is 1. The Bertz CT molecular complexity index is 485. The topological polar surface area (TPSA) is 81.4 Å². The summed E-state index contributed by atoms with van der Waals surface area (Å²) in [5, 5.41) is 2.75. The second-order valence-electron chi connectivity index (χ2n) is 4.82. The third-order valence-electron chi connectivity index (χ3n) is 2.89. The molecule has 21 heavy (non-hydrogen) atoms. The lowest BCUT2D eigenvalue weighted by Crippen LogP contribution is -2.36. The van der Waals surface area contributed by atoms with Crippen molar-refractivity contribution in [3.63, 3.8) is 0 Å². The first kappa shape index (κ1) is 17.5. The van der Waals surface area contributed by atoms with E-state index in [0.717, 1.165) is 19.3 Å². The van der Waals surface area contributed by atoms with Crippen LogP contribution in [0.4, 0.5) is 5.69 Å². The van der Waals surface area contributed by atoms with Crippen LogP contribution in [0.25, 0.3) is 0 Å². The predicted octanol–water partition coefficient (Wildman–Crippen LogP) is 2.88. The van der Waals surface area contributed by atoms with Crippen LogP contribution in [0.2, 0.25) is 0 Å². The molecule has 0 saturated carbocycles. The van der Waals surface area contributed by atoms with Gasteiger partial charge in [0.05, 0.1) is 5.56 Å². The molecule has 1 rings (SSSR count). The zero-order valence-electron chi connectivity index (χ0n) is 12.3. The first-order valence-corrected chi connectivity index (χ1v) is 7.78. The van der Waals surface area contributed by atoms with Crippen molar-refractivity contribution >= 4 is 33.5 Å². The van der Waals surface area contributed by atoms with Crippen LogP contribution in [-0.4, -0.2) is 24.5 Å². The number of amides is 1. The van der Waals surface area contributed by atoms with Gasteiger partial charge in [0.2, 0.25) is 0 Å². The molecule has 0 aliphatic carbocycles. The molecule has 1 aromatic rings. The van der Waals surface area contributed by atoms with E-state index in [0.29, 0.717) is 22.3 Å². The zero-order valence-corrected chi connectivity index (χ0v) is 13.9. The highest BCUT2D eigenvalue weighted by Crippen LogP contribution is 2.18. The molecule has 0 aliphatic heterocycles. The van der Waals surface area contributed by atoms with E-state index in [-0.39, 0.29) is 5.91 Å². The number of rotatable bonds is 7. The molecule has 5 nitrogen and oxygen atoms in total. The number of carbonyl (C=O) groups excluding carboxylic acids is 2. The number of carbonyl (C=O) groups is 2. The number of hydrogen-bond donors (Lipinski definition) is 2. The van der Waals surface area contributed by atoms with Gasteiger partial charge >= 0.3 is 5.97 Å². The van der Waals surface area contributed by atoms with Gasteiger partial charge in [-0.25, -0.2) is 4.79 Å². The molecule has 116 valence electrons. The number of halogens is 1. The van der Waals surface area contributed by atoms with Crippen LogP contribution >= 0.6 is 15.9 Å². The van der Waals surface area contributed by atoms with Crippen molar-refractivity contribution in [2.24, 2.45) is 0 Å². The van der Waals surface area contributed by atoms with Crippen LogP contribution in [0.5, 0.6) is 0 Å². The average molecular weight is 357 g/mol. The molecule has 1 aromatic carbocycles. The minimum atomic E-state index is -0.834. The molecule has 0 heterocycles. The Balaban J connectivity index is 2.51. The van der Waals surface area contributed by atoms with Gasteiger partial charge in [-0.1, -0.05) is 35.7 Å². The third-order valence-corrected chi connectivity index (χ3v) is 3.35. The maximum atomic E-state index is 12.0. The molecular weight excluding hydrogens is 336 g/mol. The Hall–Kier alpha value is -1.56. The molecule has 0 fully saturated rings. The number of hydrogen-bond acceptors (Lipinski definition) is 4.